The number of carbonyl (C=O) groups is 1. The average molecular weight is 372 g/mol. The van der Waals surface area contributed by atoms with Crippen LogP contribution in [0.15, 0.2) is 46.0 Å². The monoisotopic (exact) mass is 371 g/mol. The maximum atomic E-state index is 12.7. The maximum absolute atomic E-state index is 12.7. The molecule has 1 amide bonds. The van der Waals surface area contributed by atoms with Crippen molar-refractivity contribution in [1.82, 2.24) is 19.3 Å². The summed E-state index contributed by atoms with van der Waals surface area (Å²) < 4.78 is 20.1. The molecule has 0 saturated heterocycles. The van der Waals surface area contributed by atoms with Gasteiger partial charge in [-0.05, 0) is 28.1 Å². The van der Waals surface area contributed by atoms with Gasteiger partial charge in [-0.3, -0.25) is 0 Å². The van der Waals surface area contributed by atoms with E-state index in [-0.39, 0.29) is 25.1 Å². The standard InChI is InChI=1S/C12H11BrFN5O3/c13-10-3-9(1-2-16-10)18-7-17-19(12(18)21)5-8(4-14)6-22-11(15)20/h1-4,7H,5-6H2,(H2,15,20)/b8-4+. The molecule has 2 N–H and O–H groups in total. The maximum Gasteiger partial charge on any atom is 0.404 e. The summed E-state index contributed by atoms with van der Waals surface area (Å²) in [7, 11) is 0. The summed E-state index contributed by atoms with van der Waals surface area (Å²) >= 11 is 3.20. The second kappa shape index (κ2) is 6.98. The number of hydrogen-bond acceptors (Lipinski definition) is 5. The van der Waals surface area contributed by atoms with E-state index in [9.17, 15) is 14.0 Å². The Bertz CT molecular complexity index is 770. The van der Waals surface area contributed by atoms with E-state index >= 15 is 0 Å². The highest BCUT2D eigenvalue weighted by Crippen LogP contribution is 2.10. The van der Waals surface area contributed by atoms with Gasteiger partial charge in [-0.25, -0.2) is 28.2 Å². The molecular formula is C12H11BrFN5O3. The highest BCUT2D eigenvalue weighted by atomic mass is 79.9. The van der Waals surface area contributed by atoms with E-state index in [1.165, 1.54) is 17.1 Å². The first kappa shape index (κ1) is 15.9. The highest BCUT2D eigenvalue weighted by molar-refractivity contribution is 9.10. The normalized spacial score (nSPS) is 11.5. The third-order valence-corrected chi connectivity index (χ3v) is 3.06. The minimum absolute atomic E-state index is 0.0436. The van der Waals surface area contributed by atoms with Crippen LogP contribution >= 0.6 is 15.9 Å². The molecule has 0 bridgehead atoms. The summed E-state index contributed by atoms with van der Waals surface area (Å²) in [6.45, 7) is -0.520. The fourth-order valence-corrected chi connectivity index (χ4v) is 1.99. The molecule has 0 saturated carbocycles. The molecule has 10 heteroatoms. The molecule has 0 atom stereocenters. The van der Waals surface area contributed by atoms with Gasteiger partial charge in [0, 0.05) is 11.8 Å². The Balaban J connectivity index is 2.21. The molecular weight excluding hydrogens is 361 g/mol. The first-order valence-electron chi connectivity index (χ1n) is 5.98. The SMILES string of the molecule is NC(=O)OC/C(=C/F)Cn1ncn(-c2ccnc(Br)c2)c1=O. The first-order chi connectivity index (χ1) is 10.5. The van der Waals surface area contributed by atoms with Crippen molar-refractivity contribution < 1.29 is 13.9 Å². The van der Waals surface area contributed by atoms with Crippen LogP contribution in [0, 0.1) is 0 Å². The van der Waals surface area contributed by atoms with Crippen LogP contribution in [-0.4, -0.2) is 32.0 Å². The van der Waals surface area contributed by atoms with E-state index in [2.05, 4.69) is 30.7 Å². The Kier molecular flexibility index (Phi) is 5.04. The van der Waals surface area contributed by atoms with Gasteiger partial charge >= 0.3 is 11.8 Å². The minimum atomic E-state index is -1.03. The number of halogens is 2. The minimum Gasteiger partial charge on any atom is -0.445 e. The molecule has 0 spiro atoms. The Morgan fingerprint density at radius 1 is 1.55 bits per heavy atom. The van der Waals surface area contributed by atoms with Gasteiger partial charge in [0.1, 0.15) is 17.5 Å². The molecule has 2 rings (SSSR count). The third-order valence-electron chi connectivity index (χ3n) is 2.63. The summed E-state index contributed by atoms with van der Waals surface area (Å²) in [6.07, 6.45) is 2.04. The summed E-state index contributed by atoms with van der Waals surface area (Å²) in [4.78, 5) is 26.7. The van der Waals surface area contributed by atoms with Crippen molar-refractivity contribution in [2.24, 2.45) is 5.73 Å². The van der Waals surface area contributed by atoms with Crippen molar-refractivity contribution in [2.45, 2.75) is 6.54 Å². The number of nitrogens with zero attached hydrogens (tertiary/aromatic N) is 4. The summed E-state index contributed by atoms with van der Waals surface area (Å²) in [5.41, 5.74) is 4.92. The number of nitrogens with two attached hydrogens (primary N) is 1. The number of pyridine rings is 1. The lowest BCUT2D eigenvalue weighted by Gasteiger charge is -2.05. The number of amides is 1. The van der Waals surface area contributed by atoms with Gasteiger partial charge in [0.05, 0.1) is 18.6 Å². The van der Waals surface area contributed by atoms with Gasteiger partial charge in [-0.15, -0.1) is 0 Å². The lowest BCUT2D eigenvalue weighted by Crippen LogP contribution is -2.26. The van der Waals surface area contributed by atoms with E-state index in [4.69, 9.17) is 5.73 Å². The van der Waals surface area contributed by atoms with Gasteiger partial charge in [-0.1, -0.05) is 0 Å². The predicted octanol–water partition coefficient (Wildman–Crippen LogP) is 1.14. The zero-order valence-corrected chi connectivity index (χ0v) is 12.7. The molecule has 0 fully saturated rings. The Labute approximate surface area is 132 Å². The van der Waals surface area contributed by atoms with Crippen molar-refractivity contribution in [3.63, 3.8) is 0 Å². The van der Waals surface area contributed by atoms with Gasteiger partial charge in [0.25, 0.3) is 0 Å². The summed E-state index contributed by atoms with van der Waals surface area (Å²) in [5.74, 6) is 0. The molecule has 2 aromatic heterocycles. The number of hydrogen-bond donors (Lipinski definition) is 1. The molecule has 0 aliphatic rings. The average Bonchev–Trinajstić information content (AvgIpc) is 2.84. The lowest BCUT2D eigenvalue weighted by atomic mass is 10.3. The molecule has 2 aromatic rings. The van der Waals surface area contributed by atoms with Gasteiger partial charge in [0.15, 0.2) is 0 Å². The molecule has 0 radical (unpaired) electrons. The molecule has 2 heterocycles. The van der Waals surface area contributed by atoms with E-state index in [1.807, 2.05) is 0 Å². The Morgan fingerprint density at radius 2 is 2.32 bits per heavy atom. The van der Waals surface area contributed by atoms with Crippen molar-refractivity contribution in [1.29, 1.82) is 0 Å². The largest absolute Gasteiger partial charge is 0.445 e. The van der Waals surface area contributed by atoms with Gasteiger partial charge < -0.3 is 10.5 Å². The van der Waals surface area contributed by atoms with E-state index in [0.717, 1.165) is 4.68 Å². The quantitative estimate of drug-likeness (QED) is 0.793. The van der Waals surface area contributed by atoms with Crippen molar-refractivity contribution in [3.05, 3.63) is 51.6 Å². The van der Waals surface area contributed by atoms with Crippen LogP contribution in [0.2, 0.25) is 0 Å². The van der Waals surface area contributed by atoms with Crippen LogP contribution in [-0.2, 0) is 11.3 Å². The van der Waals surface area contributed by atoms with E-state index < -0.39 is 11.8 Å². The molecule has 0 aliphatic heterocycles. The van der Waals surface area contributed by atoms with E-state index in [0.29, 0.717) is 10.3 Å². The Hall–Kier alpha value is -2.49. The number of carbonyl (C=O) groups excluding carboxylic acids is 1. The molecule has 0 unspecified atom stereocenters. The van der Waals surface area contributed by atoms with Crippen LogP contribution in [0.1, 0.15) is 0 Å². The Morgan fingerprint density at radius 3 is 2.95 bits per heavy atom. The molecule has 0 aliphatic carbocycles. The summed E-state index contributed by atoms with van der Waals surface area (Å²) in [5, 5.41) is 3.89. The number of ether oxygens (including phenoxy) is 1. The summed E-state index contributed by atoms with van der Waals surface area (Å²) in [6, 6.07) is 3.26. The fraction of sp³-hybridized carbons (Fsp3) is 0.167. The molecule has 116 valence electrons. The van der Waals surface area contributed by atoms with Gasteiger partial charge in [-0.2, -0.15) is 5.10 Å². The van der Waals surface area contributed by atoms with Crippen molar-refractivity contribution >= 4 is 22.0 Å². The second-order valence-electron chi connectivity index (χ2n) is 4.15. The lowest BCUT2D eigenvalue weighted by molar-refractivity contribution is 0.164. The molecule has 8 nitrogen and oxygen atoms in total. The van der Waals surface area contributed by atoms with Crippen LogP contribution < -0.4 is 11.4 Å². The first-order valence-corrected chi connectivity index (χ1v) is 6.77. The van der Waals surface area contributed by atoms with Crippen LogP contribution in [0.4, 0.5) is 9.18 Å². The van der Waals surface area contributed by atoms with E-state index in [1.54, 1.807) is 12.1 Å². The van der Waals surface area contributed by atoms with Crippen molar-refractivity contribution in [2.75, 3.05) is 6.61 Å². The highest BCUT2D eigenvalue weighted by Gasteiger charge is 2.10. The number of primary amides is 1. The molecule has 22 heavy (non-hydrogen) atoms. The fourth-order valence-electron chi connectivity index (χ4n) is 1.63. The smallest absolute Gasteiger partial charge is 0.404 e. The van der Waals surface area contributed by atoms with Crippen LogP contribution in [0.25, 0.3) is 5.69 Å². The van der Waals surface area contributed by atoms with Crippen LogP contribution in [0.3, 0.4) is 0 Å². The predicted molar refractivity (Wildman–Crippen MR) is 78.0 cm³/mol. The third kappa shape index (κ3) is 3.79. The van der Waals surface area contributed by atoms with Crippen molar-refractivity contribution in [3.8, 4) is 5.69 Å². The second-order valence-corrected chi connectivity index (χ2v) is 4.97. The topological polar surface area (TPSA) is 105 Å². The molecule has 0 aromatic carbocycles. The zero-order valence-electron chi connectivity index (χ0n) is 11.1. The number of aromatic nitrogens is 4. The van der Waals surface area contributed by atoms with Gasteiger partial charge in [0.2, 0.25) is 0 Å². The zero-order chi connectivity index (χ0) is 16.1. The number of rotatable bonds is 5. The van der Waals surface area contributed by atoms with Crippen LogP contribution in [0.5, 0.6) is 0 Å².